The maximum absolute atomic E-state index is 11.6. The lowest BCUT2D eigenvalue weighted by Gasteiger charge is -2.13. The molecule has 0 fully saturated rings. The topological polar surface area (TPSA) is 38.3 Å². The van der Waals surface area contributed by atoms with Crippen LogP contribution in [-0.2, 0) is 11.2 Å². The molecule has 0 atom stereocenters. The smallest absolute Gasteiger partial charge is 0.224 e. The molecule has 0 saturated heterocycles. The lowest BCUT2D eigenvalue weighted by atomic mass is 10.1. The Morgan fingerprint density at radius 2 is 1.90 bits per heavy atom. The third-order valence-corrected chi connectivity index (χ3v) is 3.99. The lowest BCUT2D eigenvalue weighted by Crippen LogP contribution is -2.09. The Bertz CT molecular complexity index is 457. The first-order valence-electron chi connectivity index (χ1n) is 8.36. The van der Waals surface area contributed by atoms with E-state index in [1.54, 1.807) is 0 Å². The molecule has 1 aliphatic rings. The van der Waals surface area contributed by atoms with Crippen LogP contribution in [0.15, 0.2) is 18.2 Å². The molecular weight excluding hydrogens is 262 g/mol. The maximum Gasteiger partial charge on any atom is 0.224 e. The van der Waals surface area contributed by atoms with E-state index in [0.717, 1.165) is 42.9 Å². The monoisotopic (exact) mass is 289 g/mol. The van der Waals surface area contributed by atoms with Crippen molar-refractivity contribution >= 4 is 11.6 Å². The van der Waals surface area contributed by atoms with Gasteiger partial charge >= 0.3 is 0 Å². The van der Waals surface area contributed by atoms with Crippen LogP contribution < -0.4 is 10.1 Å². The number of fused-ring (bicyclic) bond motifs is 1. The van der Waals surface area contributed by atoms with Crippen molar-refractivity contribution < 1.29 is 9.53 Å². The van der Waals surface area contributed by atoms with Crippen molar-refractivity contribution in [3.05, 3.63) is 23.8 Å². The molecule has 0 spiro atoms. The number of nitrogens with one attached hydrogen (secondary N) is 1. The van der Waals surface area contributed by atoms with E-state index in [4.69, 9.17) is 4.74 Å². The normalized spacial score (nSPS) is 14.2. The molecule has 0 radical (unpaired) electrons. The predicted octanol–water partition coefficient (Wildman–Crippen LogP) is 4.70. The zero-order valence-electron chi connectivity index (χ0n) is 13.1. The van der Waals surface area contributed by atoms with E-state index in [0.29, 0.717) is 6.42 Å². The first-order valence-corrected chi connectivity index (χ1v) is 8.36. The summed E-state index contributed by atoms with van der Waals surface area (Å²) in [6, 6.07) is 5.95. The molecule has 21 heavy (non-hydrogen) atoms. The van der Waals surface area contributed by atoms with Crippen molar-refractivity contribution in [2.24, 2.45) is 0 Å². The van der Waals surface area contributed by atoms with Gasteiger partial charge in [0, 0.05) is 17.7 Å². The van der Waals surface area contributed by atoms with Crippen molar-refractivity contribution in [3.8, 4) is 5.75 Å². The van der Waals surface area contributed by atoms with Gasteiger partial charge in [0.15, 0.2) is 0 Å². The number of anilines is 1. The molecule has 1 aromatic rings. The molecule has 0 saturated carbocycles. The standard InChI is InChI=1S/C18H27NO2/c1-2-3-4-5-6-7-14-21-17-12-9-11-16-15(17)10-8-13-18(20)19-16/h9,11-12H,2-8,10,13-14H2,1H3,(H,19,20). The van der Waals surface area contributed by atoms with Gasteiger partial charge in [0.1, 0.15) is 5.75 Å². The molecular formula is C18H27NO2. The van der Waals surface area contributed by atoms with Crippen LogP contribution >= 0.6 is 0 Å². The molecule has 1 aromatic carbocycles. The lowest BCUT2D eigenvalue weighted by molar-refractivity contribution is -0.116. The van der Waals surface area contributed by atoms with Crippen LogP contribution in [0.1, 0.15) is 63.9 Å². The van der Waals surface area contributed by atoms with E-state index < -0.39 is 0 Å². The van der Waals surface area contributed by atoms with Gasteiger partial charge in [-0.15, -0.1) is 0 Å². The fourth-order valence-electron chi connectivity index (χ4n) is 2.78. The SMILES string of the molecule is CCCCCCCCOc1cccc2c1CCCC(=O)N2. The minimum absolute atomic E-state index is 0.113. The number of hydrogen-bond acceptors (Lipinski definition) is 2. The highest BCUT2D eigenvalue weighted by atomic mass is 16.5. The van der Waals surface area contributed by atoms with Crippen LogP contribution in [0, 0.1) is 0 Å². The summed E-state index contributed by atoms with van der Waals surface area (Å²) < 4.78 is 5.95. The van der Waals surface area contributed by atoms with Gasteiger partial charge in [-0.1, -0.05) is 45.1 Å². The summed E-state index contributed by atoms with van der Waals surface area (Å²) in [6.07, 6.45) is 10.0. The van der Waals surface area contributed by atoms with Crippen LogP contribution in [0.2, 0.25) is 0 Å². The Kier molecular flexibility index (Phi) is 6.58. The highest BCUT2D eigenvalue weighted by Gasteiger charge is 2.16. The Balaban J connectivity index is 1.81. The van der Waals surface area contributed by atoms with E-state index in [-0.39, 0.29) is 5.91 Å². The van der Waals surface area contributed by atoms with Crippen LogP contribution in [0.5, 0.6) is 5.75 Å². The molecule has 1 aliphatic heterocycles. The molecule has 3 nitrogen and oxygen atoms in total. The van der Waals surface area contributed by atoms with E-state index in [9.17, 15) is 4.79 Å². The molecule has 116 valence electrons. The second-order valence-corrected chi connectivity index (χ2v) is 5.80. The van der Waals surface area contributed by atoms with Gasteiger partial charge in [-0.05, 0) is 31.4 Å². The molecule has 1 heterocycles. The van der Waals surface area contributed by atoms with Gasteiger partial charge in [0.2, 0.25) is 5.91 Å². The third kappa shape index (κ3) is 5.07. The highest BCUT2D eigenvalue weighted by Crippen LogP contribution is 2.30. The maximum atomic E-state index is 11.6. The Labute approximate surface area is 128 Å². The quantitative estimate of drug-likeness (QED) is 0.704. The number of amides is 1. The number of carbonyl (C=O) groups is 1. The first-order chi connectivity index (χ1) is 10.3. The van der Waals surface area contributed by atoms with Crippen molar-refractivity contribution in [1.29, 1.82) is 0 Å². The number of benzene rings is 1. The number of hydrogen-bond donors (Lipinski definition) is 1. The van der Waals surface area contributed by atoms with Gasteiger partial charge in [-0.2, -0.15) is 0 Å². The summed E-state index contributed by atoms with van der Waals surface area (Å²) in [7, 11) is 0. The van der Waals surface area contributed by atoms with E-state index in [1.807, 2.05) is 18.2 Å². The Morgan fingerprint density at radius 3 is 2.76 bits per heavy atom. The summed E-state index contributed by atoms with van der Waals surface area (Å²) in [5.74, 6) is 1.06. The van der Waals surface area contributed by atoms with Crippen molar-refractivity contribution in [3.63, 3.8) is 0 Å². The number of unbranched alkanes of at least 4 members (excludes halogenated alkanes) is 5. The van der Waals surface area contributed by atoms with Gasteiger partial charge in [-0.3, -0.25) is 4.79 Å². The second-order valence-electron chi connectivity index (χ2n) is 5.80. The summed E-state index contributed by atoms with van der Waals surface area (Å²) in [5, 5.41) is 2.97. The summed E-state index contributed by atoms with van der Waals surface area (Å²) in [4.78, 5) is 11.6. The van der Waals surface area contributed by atoms with Crippen molar-refractivity contribution in [1.82, 2.24) is 0 Å². The van der Waals surface area contributed by atoms with E-state index >= 15 is 0 Å². The van der Waals surface area contributed by atoms with E-state index in [1.165, 1.54) is 32.1 Å². The fourth-order valence-corrected chi connectivity index (χ4v) is 2.78. The summed E-state index contributed by atoms with van der Waals surface area (Å²) in [6.45, 7) is 3.01. The zero-order chi connectivity index (χ0) is 14.9. The van der Waals surface area contributed by atoms with Crippen LogP contribution in [0.4, 0.5) is 5.69 Å². The Morgan fingerprint density at radius 1 is 1.10 bits per heavy atom. The minimum atomic E-state index is 0.113. The molecule has 2 rings (SSSR count). The first kappa shape index (κ1) is 15.9. The average molecular weight is 289 g/mol. The summed E-state index contributed by atoms with van der Waals surface area (Å²) in [5.41, 5.74) is 2.09. The Hall–Kier alpha value is -1.51. The molecule has 0 unspecified atom stereocenters. The molecule has 0 aliphatic carbocycles. The largest absolute Gasteiger partial charge is 0.493 e. The van der Waals surface area contributed by atoms with Crippen molar-refractivity contribution in [2.45, 2.75) is 64.7 Å². The third-order valence-electron chi connectivity index (χ3n) is 3.99. The summed E-state index contributed by atoms with van der Waals surface area (Å²) >= 11 is 0. The van der Waals surface area contributed by atoms with Crippen LogP contribution in [0.25, 0.3) is 0 Å². The van der Waals surface area contributed by atoms with Gasteiger partial charge in [0.05, 0.1) is 6.61 Å². The number of rotatable bonds is 8. The molecule has 0 bridgehead atoms. The molecule has 3 heteroatoms. The second kappa shape index (κ2) is 8.71. The van der Waals surface area contributed by atoms with Crippen LogP contribution in [-0.4, -0.2) is 12.5 Å². The van der Waals surface area contributed by atoms with Gasteiger partial charge in [-0.25, -0.2) is 0 Å². The highest BCUT2D eigenvalue weighted by molar-refractivity contribution is 5.92. The number of ether oxygens (including phenoxy) is 1. The predicted molar refractivity (Wildman–Crippen MR) is 86.9 cm³/mol. The van der Waals surface area contributed by atoms with E-state index in [2.05, 4.69) is 12.2 Å². The zero-order valence-corrected chi connectivity index (χ0v) is 13.1. The molecule has 1 amide bonds. The molecule has 0 aromatic heterocycles. The number of carbonyl (C=O) groups excluding carboxylic acids is 1. The minimum Gasteiger partial charge on any atom is -0.493 e. The molecule has 1 N–H and O–H groups in total. The van der Waals surface area contributed by atoms with Gasteiger partial charge < -0.3 is 10.1 Å². The van der Waals surface area contributed by atoms with Crippen molar-refractivity contribution in [2.75, 3.05) is 11.9 Å². The average Bonchev–Trinajstić information content (AvgIpc) is 2.67. The van der Waals surface area contributed by atoms with Gasteiger partial charge in [0.25, 0.3) is 0 Å². The fraction of sp³-hybridized carbons (Fsp3) is 0.611. The van der Waals surface area contributed by atoms with Crippen LogP contribution in [0.3, 0.4) is 0 Å².